The van der Waals surface area contributed by atoms with E-state index >= 15 is 0 Å². The van der Waals surface area contributed by atoms with E-state index in [2.05, 4.69) is 20.4 Å². The third kappa shape index (κ3) is 3.46. The van der Waals surface area contributed by atoms with Gasteiger partial charge in [0.2, 0.25) is 11.0 Å². The molecule has 9 nitrogen and oxygen atoms in total. The summed E-state index contributed by atoms with van der Waals surface area (Å²) in [6.07, 6.45) is 0. The molecular formula is C18H18N6O3S. The van der Waals surface area contributed by atoms with Crippen LogP contribution in [0.3, 0.4) is 0 Å². The highest BCUT2D eigenvalue weighted by atomic mass is 32.2. The molecular weight excluding hydrogens is 380 g/mol. The second kappa shape index (κ2) is 7.39. The van der Waals surface area contributed by atoms with Gasteiger partial charge < -0.3 is 19.4 Å². The lowest BCUT2D eigenvalue weighted by molar-refractivity contribution is 0.415. The number of rotatable bonds is 6. The highest BCUT2D eigenvalue weighted by Crippen LogP contribution is 2.28. The predicted octanol–water partition coefficient (Wildman–Crippen LogP) is 3.22. The first-order chi connectivity index (χ1) is 13.5. The van der Waals surface area contributed by atoms with E-state index in [4.69, 9.17) is 19.4 Å². The molecule has 28 heavy (non-hydrogen) atoms. The number of thioether (sulfide) groups is 1. The number of nitrogens with zero attached hydrogens (tertiary/aromatic N) is 5. The van der Waals surface area contributed by atoms with Gasteiger partial charge in [-0.2, -0.15) is 0 Å². The largest absolute Gasteiger partial charge is 0.497 e. The van der Waals surface area contributed by atoms with E-state index in [-0.39, 0.29) is 0 Å². The molecule has 0 radical (unpaired) electrons. The normalized spacial score (nSPS) is 11.1. The molecule has 3 aromatic heterocycles. The van der Waals surface area contributed by atoms with Crippen molar-refractivity contribution in [3.8, 4) is 28.6 Å². The van der Waals surface area contributed by atoms with Crippen molar-refractivity contribution in [2.75, 3.05) is 13.0 Å². The molecule has 0 fully saturated rings. The van der Waals surface area contributed by atoms with Crippen LogP contribution in [0.4, 0.5) is 0 Å². The Labute approximate surface area is 164 Å². The van der Waals surface area contributed by atoms with Gasteiger partial charge >= 0.3 is 0 Å². The molecule has 0 amide bonds. The molecule has 2 N–H and O–H groups in total. The van der Waals surface area contributed by atoms with E-state index in [1.807, 2.05) is 44.2 Å². The van der Waals surface area contributed by atoms with Crippen LogP contribution in [0.1, 0.15) is 17.4 Å². The third-order valence-electron chi connectivity index (χ3n) is 4.08. The van der Waals surface area contributed by atoms with Gasteiger partial charge in [-0.25, -0.2) is 4.68 Å². The summed E-state index contributed by atoms with van der Waals surface area (Å²) >= 11 is 1.36. The minimum atomic E-state index is 0.417. The Morgan fingerprint density at radius 2 is 1.86 bits per heavy atom. The minimum Gasteiger partial charge on any atom is -0.497 e. The first-order valence-electron chi connectivity index (χ1n) is 8.42. The number of ether oxygens (including phenoxy) is 1. The summed E-state index contributed by atoms with van der Waals surface area (Å²) in [4.78, 5) is 0. The molecule has 0 saturated carbocycles. The van der Waals surface area contributed by atoms with Crippen LogP contribution in [0.2, 0.25) is 0 Å². The number of hydrogen-bond donors (Lipinski definition) is 1. The lowest BCUT2D eigenvalue weighted by Gasteiger charge is -2.04. The molecule has 144 valence electrons. The monoisotopic (exact) mass is 398 g/mol. The minimum absolute atomic E-state index is 0.417. The van der Waals surface area contributed by atoms with E-state index in [9.17, 15) is 0 Å². The number of nitrogens with two attached hydrogens (primary N) is 1. The standard InChI is InChI=1S/C18H18N6O3S/c1-10-8-14(11(2)26-10)17-22-20-15(27-17)9-28-18-23-21-16(24(18)19)12-4-6-13(25-3)7-5-12/h4-8H,9,19H2,1-3H3. The lowest BCUT2D eigenvalue weighted by Crippen LogP contribution is -2.11. The molecule has 0 aliphatic carbocycles. The molecule has 3 heterocycles. The number of benzene rings is 1. The fourth-order valence-electron chi connectivity index (χ4n) is 2.70. The fraction of sp³-hybridized carbons (Fsp3) is 0.222. The third-order valence-corrected chi connectivity index (χ3v) is 5.00. The molecule has 0 spiro atoms. The summed E-state index contributed by atoms with van der Waals surface area (Å²) < 4.78 is 17.8. The van der Waals surface area contributed by atoms with Gasteiger partial charge in [0.1, 0.15) is 17.3 Å². The summed E-state index contributed by atoms with van der Waals surface area (Å²) in [6.45, 7) is 3.73. The van der Waals surface area contributed by atoms with Gasteiger partial charge in [-0.1, -0.05) is 11.8 Å². The van der Waals surface area contributed by atoms with Gasteiger partial charge in [-0.3, -0.25) is 0 Å². The second-order valence-corrected chi connectivity index (χ2v) is 6.96. The zero-order valence-electron chi connectivity index (χ0n) is 15.5. The number of furan rings is 1. The highest BCUT2D eigenvalue weighted by Gasteiger charge is 2.17. The zero-order valence-corrected chi connectivity index (χ0v) is 16.4. The molecule has 0 aliphatic rings. The van der Waals surface area contributed by atoms with E-state index < -0.39 is 0 Å². The van der Waals surface area contributed by atoms with Gasteiger partial charge in [0, 0.05) is 5.56 Å². The lowest BCUT2D eigenvalue weighted by atomic mass is 10.2. The van der Waals surface area contributed by atoms with Gasteiger partial charge in [-0.15, -0.1) is 20.4 Å². The number of aryl methyl sites for hydroxylation is 2. The first-order valence-corrected chi connectivity index (χ1v) is 9.41. The van der Waals surface area contributed by atoms with Crippen LogP contribution in [0, 0.1) is 13.8 Å². The van der Waals surface area contributed by atoms with Crippen LogP contribution in [-0.2, 0) is 5.75 Å². The topological polar surface area (TPSA) is 118 Å². The summed E-state index contributed by atoms with van der Waals surface area (Å²) in [5, 5.41) is 17.0. The Hall–Kier alpha value is -3.27. The number of hydrogen-bond acceptors (Lipinski definition) is 9. The molecule has 0 saturated heterocycles. The fourth-order valence-corrected chi connectivity index (χ4v) is 3.40. The van der Waals surface area contributed by atoms with Gasteiger partial charge in [0.05, 0.1) is 18.4 Å². The molecule has 0 unspecified atom stereocenters. The molecule has 0 atom stereocenters. The Morgan fingerprint density at radius 1 is 1.07 bits per heavy atom. The number of methoxy groups -OCH3 is 1. The van der Waals surface area contributed by atoms with Crippen LogP contribution in [-0.4, -0.2) is 32.2 Å². The maximum absolute atomic E-state index is 6.15. The first kappa shape index (κ1) is 18.1. The van der Waals surface area contributed by atoms with Crippen molar-refractivity contribution >= 4 is 11.8 Å². The Balaban J connectivity index is 1.47. The van der Waals surface area contributed by atoms with E-state index in [0.717, 1.165) is 28.4 Å². The average Bonchev–Trinajstić information content (AvgIpc) is 3.39. The second-order valence-electron chi connectivity index (χ2n) is 6.02. The SMILES string of the molecule is COc1ccc(-c2nnc(SCc3nnc(-c4cc(C)oc4C)o3)n2N)cc1. The number of nitrogen functional groups attached to an aromatic ring is 1. The maximum Gasteiger partial charge on any atom is 0.251 e. The van der Waals surface area contributed by atoms with Gasteiger partial charge in [0.15, 0.2) is 5.82 Å². The van der Waals surface area contributed by atoms with Crippen molar-refractivity contribution in [1.82, 2.24) is 25.1 Å². The molecule has 0 bridgehead atoms. The van der Waals surface area contributed by atoms with Crippen LogP contribution < -0.4 is 10.6 Å². The van der Waals surface area contributed by atoms with E-state index in [1.165, 1.54) is 16.4 Å². The summed E-state index contributed by atoms with van der Waals surface area (Å²) in [7, 11) is 1.62. The van der Waals surface area contributed by atoms with Crippen molar-refractivity contribution in [3.05, 3.63) is 47.7 Å². The molecule has 10 heteroatoms. The Kier molecular flexibility index (Phi) is 4.78. The zero-order chi connectivity index (χ0) is 19.7. The molecule has 0 aliphatic heterocycles. The summed E-state index contributed by atoms with van der Waals surface area (Å²) in [5.74, 6) is 10.3. The molecule has 4 rings (SSSR count). The van der Waals surface area contributed by atoms with E-state index in [0.29, 0.717) is 28.5 Å². The van der Waals surface area contributed by atoms with E-state index in [1.54, 1.807) is 7.11 Å². The molecule has 1 aromatic carbocycles. The van der Waals surface area contributed by atoms with Crippen molar-refractivity contribution in [1.29, 1.82) is 0 Å². The average molecular weight is 398 g/mol. The maximum atomic E-state index is 6.15. The smallest absolute Gasteiger partial charge is 0.251 e. The number of aromatic nitrogens is 5. The summed E-state index contributed by atoms with van der Waals surface area (Å²) in [5.41, 5.74) is 1.64. The van der Waals surface area contributed by atoms with Crippen LogP contribution in [0.25, 0.3) is 22.8 Å². The summed E-state index contributed by atoms with van der Waals surface area (Å²) in [6, 6.07) is 9.31. The van der Waals surface area contributed by atoms with Gasteiger partial charge in [0.25, 0.3) is 5.89 Å². The Morgan fingerprint density at radius 3 is 2.54 bits per heavy atom. The van der Waals surface area contributed by atoms with Crippen molar-refractivity contribution < 1.29 is 13.6 Å². The molecule has 4 aromatic rings. The van der Waals surface area contributed by atoms with Crippen LogP contribution >= 0.6 is 11.8 Å². The van der Waals surface area contributed by atoms with Gasteiger partial charge in [-0.05, 0) is 44.2 Å². The van der Waals surface area contributed by atoms with Crippen LogP contribution in [0.5, 0.6) is 5.75 Å². The predicted molar refractivity (Wildman–Crippen MR) is 103 cm³/mol. The quantitative estimate of drug-likeness (QED) is 0.386. The van der Waals surface area contributed by atoms with Crippen molar-refractivity contribution in [2.45, 2.75) is 24.8 Å². The van der Waals surface area contributed by atoms with Crippen LogP contribution in [0.15, 0.2) is 44.3 Å². The Bertz CT molecular complexity index is 1100. The highest BCUT2D eigenvalue weighted by molar-refractivity contribution is 7.98. The van der Waals surface area contributed by atoms with Crippen molar-refractivity contribution in [2.24, 2.45) is 0 Å². The van der Waals surface area contributed by atoms with Crippen molar-refractivity contribution in [3.63, 3.8) is 0 Å².